The zero-order valence-corrected chi connectivity index (χ0v) is 10.9. The average Bonchev–Trinajstić information content (AvgIpc) is 2.35. The van der Waals surface area contributed by atoms with Gasteiger partial charge in [0.2, 0.25) is 0 Å². The zero-order chi connectivity index (χ0) is 14.0. The fourth-order valence-corrected chi connectivity index (χ4v) is 1.71. The van der Waals surface area contributed by atoms with Crippen LogP contribution >= 0.6 is 0 Å². The van der Waals surface area contributed by atoms with Crippen LogP contribution in [-0.4, -0.2) is 28.1 Å². The standard InChI is InChI=1S/C14H16N2O3/c1-14(2,19)8-15-13(18)11-7-12(17)9-5-3-4-6-10(9)16-11/h3-7,19H,8H2,1-2H3,(H,15,18)(H,16,17). The smallest absolute Gasteiger partial charge is 0.267 e. The van der Waals surface area contributed by atoms with E-state index in [-0.39, 0.29) is 17.7 Å². The number of hydrogen-bond donors (Lipinski definition) is 3. The van der Waals surface area contributed by atoms with Gasteiger partial charge in [0, 0.05) is 23.5 Å². The van der Waals surface area contributed by atoms with E-state index >= 15 is 0 Å². The molecule has 19 heavy (non-hydrogen) atoms. The summed E-state index contributed by atoms with van der Waals surface area (Å²) in [6, 6.07) is 8.26. The first kappa shape index (κ1) is 13.3. The van der Waals surface area contributed by atoms with Crippen LogP contribution in [-0.2, 0) is 0 Å². The number of amides is 1. The molecule has 0 aliphatic carbocycles. The molecule has 0 fully saturated rings. The van der Waals surface area contributed by atoms with Gasteiger partial charge in [0.1, 0.15) is 5.69 Å². The van der Waals surface area contributed by atoms with E-state index in [1.54, 1.807) is 38.1 Å². The van der Waals surface area contributed by atoms with Gasteiger partial charge in [-0.3, -0.25) is 9.59 Å². The number of H-pyrrole nitrogens is 1. The van der Waals surface area contributed by atoms with Gasteiger partial charge < -0.3 is 15.4 Å². The molecular formula is C14H16N2O3. The molecule has 0 saturated carbocycles. The van der Waals surface area contributed by atoms with Crippen LogP contribution in [0.3, 0.4) is 0 Å². The summed E-state index contributed by atoms with van der Waals surface area (Å²) in [6.45, 7) is 3.30. The van der Waals surface area contributed by atoms with Crippen molar-refractivity contribution >= 4 is 16.8 Å². The molecule has 5 heteroatoms. The lowest BCUT2D eigenvalue weighted by Crippen LogP contribution is -2.38. The number of aromatic nitrogens is 1. The van der Waals surface area contributed by atoms with E-state index in [1.807, 2.05) is 0 Å². The number of rotatable bonds is 3. The van der Waals surface area contributed by atoms with Crippen molar-refractivity contribution in [3.8, 4) is 0 Å². The molecule has 0 aliphatic heterocycles. The summed E-state index contributed by atoms with van der Waals surface area (Å²) in [4.78, 5) is 26.7. The summed E-state index contributed by atoms with van der Waals surface area (Å²) in [7, 11) is 0. The van der Waals surface area contributed by atoms with Crippen LogP contribution < -0.4 is 10.7 Å². The number of aromatic amines is 1. The summed E-state index contributed by atoms with van der Waals surface area (Å²) in [5, 5.41) is 12.7. The SMILES string of the molecule is CC(C)(O)CNC(=O)c1cc(=O)c2ccccc2[nH]1. The number of nitrogens with one attached hydrogen (secondary N) is 2. The van der Waals surface area contributed by atoms with Gasteiger partial charge in [0.25, 0.3) is 5.91 Å². The summed E-state index contributed by atoms with van der Waals surface area (Å²) in [5.74, 6) is -0.412. The van der Waals surface area contributed by atoms with Crippen molar-refractivity contribution in [2.45, 2.75) is 19.4 Å². The number of carbonyl (C=O) groups excluding carboxylic acids is 1. The highest BCUT2D eigenvalue weighted by Gasteiger charge is 2.15. The van der Waals surface area contributed by atoms with Gasteiger partial charge >= 0.3 is 0 Å². The molecule has 100 valence electrons. The molecule has 0 bridgehead atoms. The van der Waals surface area contributed by atoms with Crippen molar-refractivity contribution in [3.63, 3.8) is 0 Å². The number of para-hydroxylation sites is 1. The molecule has 5 nitrogen and oxygen atoms in total. The first-order valence-corrected chi connectivity index (χ1v) is 5.99. The van der Waals surface area contributed by atoms with Crippen LogP contribution in [0.5, 0.6) is 0 Å². The predicted molar refractivity (Wildman–Crippen MR) is 73.2 cm³/mol. The number of fused-ring (bicyclic) bond motifs is 1. The van der Waals surface area contributed by atoms with Crippen LogP contribution in [0.4, 0.5) is 0 Å². The monoisotopic (exact) mass is 260 g/mol. The summed E-state index contributed by atoms with van der Waals surface area (Å²) >= 11 is 0. The Morgan fingerprint density at radius 3 is 2.74 bits per heavy atom. The Balaban J connectivity index is 2.31. The highest BCUT2D eigenvalue weighted by molar-refractivity contribution is 5.94. The van der Waals surface area contributed by atoms with Crippen LogP contribution in [0.1, 0.15) is 24.3 Å². The number of benzene rings is 1. The van der Waals surface area contributed by atoms with Gasteiger partial charge in [-0.05, 0) is 26.0 Å². The Morgan fingerprint density at radius 1 is 1.37 bits per heavy atom. The van der Waals surface area contributed by atoms with Gasteiger partial charge in [-0.15, -0.1) is 0 Å². The van der Waals surface area contributed by atoms with E-state index in [9.17, 15) is 14.7 Å². The van der Waals surface area contributed by atoms with E-state index < -0.39 is 11.5 Å². The second-order valence-corrected chi connectivity index (χ2v) is 5.09. The van der Waals surface area contributed by atoms with Crippen molar-refractivity contribution < 1.29 is 9.90 Å². The van der Waals surface area contributed by atoms with Crippen molar-refractivity contribution in [1.82, 2.24) is 10.3 Å². The lowest BCUT2D eigenvalue weighted by Gasteiger charge is -2.17. The molecule has 3 N–H and O–H groups in total. The van der Waals surface area contributed by atoms with E-state index in [4.69, 9.17) is 0 Å². The van der Waals surface area contributed by atoms with Crippen molar-refractivity contribution in [2.75, 3.05) is 6.54 Å². The quantitative estimate of drug-likeness (QED) is 0.770. The minimum absolute atomic E-state index is 0.112. The first-order chi connectivity index (χ1) is 8.87. The van der Waals surface area contributed by atoms with Crippen LogP contribution in [0.15, 0.2) is 35.1 Å². The van der Waals surface area contributed by atoms with E-state index in [2.05, 4.69) is 10.3 Å². The van der Waals surface area contributed by atoms with E-state index in [1.165, 1.54) is 6.07 Å². The molecule has 1 aromatic heterocycles. The van der Waals surface area contributed by atoms with Crippen LogP contribution in [0, 0.1) is 0 Å². The highest BCUT2D eigenvalue weighted by Crippen LogP contribution is 2.07. The second-order valence-electron chi connectivity index (χ2n) is 5.09. The summed E-state index contributed by atoms with van der Waals surface area (Å²) in [6.07, 6.45) is 0. The lowest BCUT2D eigenvalue weighted by molar-refractivity contribution is 0.0692. The van der Waals surface area contributed by atoms with Crippen molar-refractivity contribution in [3.05, 3.63) is 46.2 Å². The van der Waals surface area contributed by atoms with Gasteiger partial charge in [-0.25, -0.2) is 0 Å². The van der Waals surface area contributed by atoms with Crippen molar-refractivity contribution in [2.24, 2.45) is 0 Å². The van der Waals surface area contributed by atoms with Crippen LogP contribution in [0.2, 0.25) is 0 Å². The maximum Gasteiger partial charge on any atom is 0.267 e. The molecule has 1 heterocycles. The fraction of sp³-hybridized carbons (Fsp3) is 0.286. The largest absolute Gasteiger partial charge is 0.389 e. The molecule has 0 unspecified atom stereocenters. The number of carbonyl (C=O) groups is 1. The van der Waals surface area contributed by atoms with Gasteiger partial charge in [0.05, 0.1) is 5.60 Å². The Hall–Kier alpha value is -2.14. The third-order valence-corrected chi connectivity index (χ3v) is 2.66. The first-order valence-electron chi connectivity index (χ1n) is 5.99. The maximum absolute atomic E-state index is 11.9. The summed E-state index contributed by atoms with van der Waals surface area (Å²) in [5.41, 5.74) is -0.397. The molecule has 1 amide bonds. The third-order valence-electron chi connectivity index (χ3n) is 2.66. The molecule has 2 aromatic rings. The van der Waals surface area contributed by atoms with Gasteiger partial charge in [0.15, 0.2) is 5.43 Å². The Kier molecular flexibility index (Phi) is 3.40. The lowest BCUT2D eigenvalue weighted by atomic mass is 10.1. The molecule has 1 aromatic carbocycles. The topological polar surface area (TPSA) is 82.2 Å². The molecule has 0 radical (unpaired) electrons. The summed E-state index contributed by atoms with van der Waals surface area (Å²) < 4.78 is 0. The molecular weight excluding hydrogens is 244 g/mol. The Bertz CT molecular complexity index is 668. The van der Waals surface area contributed by atoms with Gasteiger partial charge in [-0.2, -0.15) is 0 Å². The highest BCUT2D eigenvalue weighted by atomic mass is 16.3. The molecule has 0 atom stereocenters. The van der Waals surface area contributed by atoms with E-state index in [0.717, 1.165) is 0 Å². The number of pyridine rings is 1. The zero-order valence-electron chi connectivity index (χ0n) is 10.9. The Morgan fingerprint density at radius 2 is 2.05 bits per heavy atom. The molecule has 0 aliphatic rings. The molecule has 0 spiro atoms. The van der Waals surface area contributed by atoms with Gasteiger partial charge in [-0.1, -0.05) is 12.1 Å². The minimum atomic E-state index is -0.993. The Labute approximate surface area is 110 Å². The van der Waals surface area contributed by atoms with Crippen molar-refractivity contribution in [1.29, 1.82) is 0 Å². The number of hydrogen-bond acceptors (Lipinski definition) is 3. The maximum atomic E-state index is 11.9. The average molecular weight is 260 g/mol. The number of aliphatic hydroxyl groups is 1. The molecule has 2 rings (SSSR count). The van der Waals surface area contributed by atoms with Crippen LogP contribution in [0.25, 0.3) is 10.9 Å². The predicted octanol–water partition coefficient (Wildman–Crippen LogP) is 1.03. The molecule has 0 saturated heterocycles. The normalized spacial score (nSPS) is 11.5. The minimum Gasteiger partial charge on any atom is -0.389 e. The fourth-order valence-electron chi connectivity index (χ4n) is 1.71. The second kappa shape index (κ2) is 4.85. The van der Waals surface area contributed by atoms with E-state index in [0.29, 0.717) is 10.9 Å². The third kappa shape index (κ3) is 3.20.